The summed E-state index contributed by atoms with van der Waals surface area (Å²) in [5.41, 5.74) is 4.75. The molecule has 0 heterocycles. The van der Waals surface area contributed by atoms with Crippen molar-refractivity contribution >= 4 is 6.09 Å². The molecule has 13 heavy (non-hydrogen) atoms. The monoisotopic (exact) mass is 192 g/mol. The molecule has 0 aliphatic carbocycles. The fourth-order valence-electron chi connectivity index (χ4n) is 0.894. The zero-order chi connectivity index (χ0) is 10.1. The Bertz CT molecular complexity index is 136. The number of hydrogen-bond acceptors (Lipinski definition) is 5. The van der Waals surface area contributed by atoms with Crippen LogP contribution in [0.25, 0.3) is 0 Å². The third-order valence-electron chi connectivity index (χ3n) is 1.48. The number of ether oxygens (including phenoxy) is 1. The largest absolute Gasteiger partial charge is 0.448 e. The summed E-state index contributed by atoms with van der Waals surface area (Å²) in [7, 11) is 0. The standard InChI is InChI=1S/C7H16N2O4/c8-7(12)13-6-3-9(1-4-10)2-5-11/h10-11H,1-6H2,(H2,8,12). The highest BCUT2D eigenvalue weighted by Gasteiger charge is 2.03. The van der Waals surface area contributed by atoms with E-state index in [-0.39, 0.29) is 19.8 Å². The minimum Gasteiger partial charge on any atom is -0.448 e. The summed E-state index contributed by atoms with van der Waals surface area (Å²) in [4.78, 5) is 11.9. The van der Waals surface area contributed by atoms with Crippen LogP contribution in [0.1, 0.15) is 0 Å². The maximum atomic E-state index is 10.2. The number of amides is 1. The van der Waals surface area contributed by atoms with Crippen LogP contribution in [-0.4, -0.2) is 60.7 Å². The average Bonchev–Trinajstić information content (AvgIpc) is 2.04. The van der Waals surface area contributed by atoms with Gasteiger partial charge in [0.1, 0.15) is 6.61 Å². The Morgan fingerprint density at radius 1 is 1.23 bits per heavy atom. The van der Waals surface area contributed by atoms with Gasteiger partial charge >= 0.3 is 6.09 Å². The number of rotatable bonds is 7. The van der Waals surface area contributed by atoms with Gasteiger partial charge < -0.3 is 20.7 Å². The van der Waals surface area contributed by atoms with Crippen LogP contribution < -0.4 is 5.73 Å². The molecule has 78 valence electrons. The molecule has 0 atom stereocenters. The smallest absolute Gasteiger partial charge is 0.404 e. The second kappa shape index (κ2) is 7.78. The van der Waals surface area contributed by atoms with E-state index in [4.69, 9.17) is 15.9 Å². The van der Waals surface area contributed by atoms with Gasteiger partial charge in [0.25, 0.3) is 0 Å². The van der Waals surface area contributed by atoms with Gasteiger partial charge in [0.15, 0.2) is 0 Å². The lowest BCUT2D eigenvalue weighted by atomic mass is 10.4. The number of nitrogens with two attached hydrogens (primary N) is 1. The van der Waals surface area contributed by atoms with Crippen LogP contribution >= 0.6 is 0 Å². The van der Waals surface area contributed by atoms with E-state index in [9.17, 15) is 4.79 Å². The third kappa shape index (κ3) is 7.51. The molecule has 0 aromatic carbocycles. The van der Waals surface area contributed by atoms with E-state index in [1.807, 2.05) is 0 Å². The Hall–Kier alpha value is -0.850. The van der Waals surface area contributed by atoms with Crippen molar-refractivity contribution in [2.45, 2.75) is 0 Å². The Morgan fingerprint density at radius 2 is 1.77 bits per heavy atom. The van der Waals surface area contributed by atoms with Gasteiger partial charge in [-0.1, -0.05) is 0 Å². The van der Waals surface area contributed by atoms with E-state index in [0.717, 1.165) is 0 Å². The van der Waals surface area contributed by atoms with Crippen LogP contribution in [0, 0.1) is 0 Å². The van der Waals surface area contributed by atoms with Crippen LogP contribution in [0.15, 0.2) is 0 Å². The second-order valence-corrected chi connectivity index (χ2v) is 2.46. The highest BCUT2D eigenvalue weighted by Crippen LogP contribution is 1.87. The quantitative estimate of drug-likeness (QED) is 0.450. The summed E-state index contributed by atoms with van der Waals surface area (Å²) in [5, 5.41) is 17.2. The second-order valence-electron chi connectivity index (χ2n) is 2.46. The van der Waals surface area contributed by atoms with E-state index < -0.39 is 6.09 Å². The normalized spacial score (nSPS) is 10.4. The molecule has 0 unspecified atom stereocenters. The van der Waals surface area contributed by atoms with Gasteiger partial charge in [0.05, 0.1) is 13.2 Å². The van der Waals surface area contributed by atoms with Gasteiger partial charge in [-0.25, -0.2) is 4.79 Å². The van der Waals surface area contributed by atoms with Gasteiger partial charge in [0, 0.05) is 19.6 Å². The fraction of sp³-hybridized carbons (Fsp3) is 0.857. The predicted molar refractivity (Wildman–Crippen MR) is 46.1 cm³/mol. The number of aliphatic hydroxyl groups is 2. The molecule has 0 spiro atoms. The van der Waals surface area contributed by atoms with Crippen LogP contribution in [0.5, 0.6) is 0 Å². The molecule has 0 aromatic heterocycles. The van der Waals surface area contributed by atoms with E-state index >= 15 is 0 Å². The summed E-state index contributed by atoms with van der Waals surface area (Å²) in [5.74, 6) is 0. The van der Waals surface area contributed by atoms with Crippen molar-refractivity contribution in [1.29, 1.82) is 0 Å². The summed E-state index contributed by atoms with van der Waals surface area (Å²) >= 11 is 0. The SMILES string of the molecule is NC(=O)OCCN(CCO)CCO. The Kier molecular flexibility index (Phi) is 7.27. The number of nitrogens with zero attached hydrogens (tertiary/aromatic N) is 1. The fourth-order valence-corrected chi connectivity index (χ4v) is 0.894. The lowest BCUT2D eigenvalue weighted by molar-refractivity contribution is 0.115. The van der Waals surface area contributed by atoms with E-state index in [1.165, 1.54) is 0 Å². The number of primary amides is 1. The summed E-state index contributed by atoms with van der Waals surface area (Å²) in [6.07, 6.45) is -0.812. The molecule has 0 fully saturated rings. The number of hydrogen-bond donors (Lipinski definition) is 3. The van der Waals surface area contributed by atoms with Gasteiger partial charge in [-0.05, 0) is 0 Å². The van der Waals surface area contributed by atoms with Crippen molar-refractivity contribution < 1.29 is 19.7 Å². The third-order valence-corrected chi connectivity index (χ3v) is 1.48. The van der Waals surface area contributed by atoms with Crippen molar-refractivity contribution in [3.05, 3.63) is 0 Å². The van der Waals surface area contributed by atoms with E-state index in [2.05, 4.69) is 4.74 Å². The molecule has 0 bridgehead atoms. The molecule has 0 rings (SSSR count). The zero-order valence-corrected chi connectivity index (χ0v) is 7.48. The molecular formula is C7H16N2O4. The maximum absolute atomic E-state index is 10.2. The molecule has 4 N–H and O–H groups in total. The molecule has 0 aliphatic heterocycles. The lowest BCUT2D eigenvalue weighted by Gasteiger charge is -2.19. The molecular weight excluding hydrogens is 176 g/mol. The number of carbonyl (C=O) groups is 1. The molecule has 0 saturated heterocycles. The molecule has 6 heteroatoms. The first-order valence-corrected chi connectivity index (χ1v) is 4.07. The molecule has 1 amide bonds. The van der Waals surface area contributed by atoms with Crippen molar-refractivity contribution in [1.82, 2.24) is 4.90 Å². The van der Waals surface area contributed by atoms with E-state index in [1.54, 1.807) is 4.90 Å². The minimum absolute atomic E-state index is 0.0105. The highest BCUT2D eigenvalue weighted by atomic mass is 16.5. The topological polar surface area (TPSA) is 96.0 Å². The summed E-state index contributed by atoms with van der Waals surface area (Å²) in [6, 6.07) is 0. The van der Waals surface area contributed by atoms with Crippen LogP contribution in [-0.2, 0) is 4.74 Å². The van der Waals surface area contributed by atoms with Gasteiger partial charge in [-0.15, -0.1) is 0 Å². The Labute approximate surface area is 76.9 Å². The molecule has 0 saturated carbocycles. The zero-order valence-electron chi connectivity index (χ0n) is 7.48. The van der Waals surface area contributed by atoms with Crippen LogP contribution in [0.2, 0.25) is 0 Å². The molecule has 0 aromatic rings. The van der Waals surface area contributed by atoms with Gasteiger partial charge in [-0.2, -0.15) is 0 Å². The lowest BCUT2D eigenvalue weighted by Crippen LogP contribution is -2.33. The van der Waals surface area contributed by atoms with Crippen LogP contribution in [0.3, 0.4) is 0 Å². The summed E-state index contributed by atoms with van der Waals surface area (Å²) < 4.78 is 4.50. The van der Waals surface area contributed by atoms with Crippen molar-refractivity contribution in [2.24, 2.45) is 5.73 Å². The van der Waals surface area contributed by atoms with E-state index in [0.29, 0.717) is 19.6 Å². The number of aliphatic hydroxyl groups excluding tert-OH is 2. The first-order chi connectivity index (χ1) is 6.20. The average molecular weight is 192 g/mol. The first-order valence-electron chi connectivity index (χ1n) is 4.07. The number of carbonyl (C=O) groups excluding carboxylic acids is 1. The maximum Gasteiger partial charge on any atom is 0.404 e. The summed E-state index contributed by atoms with van der Waals surface area (Å²) in [6.45, 7) is 1.55. The Morgan fingerprint density at radius 3 is 2.15 bits per heavy atom. The molecule has 0 aliphatic rings. The van der Waals surface area contributed by atoms with Gasteiger partial charge in [-0.3, -0.25) is 4.90 Å². The van der Waals surface area contributed by atoms with Crippen molar-refractivity contribution in [3.8, 4) is 0 Å². The molecule has 6 nitrogen and oxygen atoms in total. The molecule has 0 radical (unpaired) electrons. The predicted octanol–water partition coefficient (Wildman–Crippen LogP) is -1.63. The van der Waals surface area contributed by atoms with Gasteiger partial charge in [0.2, 0.25) is 0 Å². The Balaban J connectivity index is 3.49. The van der Waals surface area contributed by atoms with Crippen LogP contribution in [0.4, 0.5) is 4.79 Å². The highest BCUT2D eigenvalue weighted by molar-refractivity contribution is 5.64. The minimum atomic E-state index is -0.812. The van der Waals surface area contributed by atoms with Crippen molar-refractivity contribution in [2.75, 3.05) is 39.5 Å². The first kappa shape index (κ1) is 12.2. The van der Waals surface area contributed by atoms with Crippen molar-refractivity contribution in [3.63, 3.8) is 0 Å².